The Hall–Kier alpha value is -1.74. The molecule has 0 spiro atoms. The summed E-state index contributed by atoms with van der Waals surface area (Å²) < 4.78 is 0. The van der Waals surface area contributed by atoms with Crippen molar-refractivity contribution in [2.45, 2.75) is 19.3 Å². The van der Waals surface area contributed by atoms with Crippen LogP contribution in [0.4, 0.5) is 0 Å². The summed E-state index contributed by atoms with van der Waals surface area (Å²) in [7, 11) is 0. The van der Waals surface area contributed by atoms with Crippen molar-refractivity contribution in [2.75, 3.05) is 0 Å². The molecule has 15 heavy (non-hydrogen) atoms. The lowest BCUT2D eigenvalue weighted by atomic mass is 9.85. The Kier molecular flexibility index (Phi) is 2.25. The highest BCUT2D eigenvalue weighted by molar-refractivity contribution is 5.83. The molecule has 0 N–H and O–H groups in total. The van der Waals surface area contributed by atoms with Gasteiger partial charge in [0.1, 0.15) is 0 Å². The highest BCUT2D eigenvalue weighted by atomic mass is 14.2. The van der Waals surface area contributed by atoms with Crippen LogP contribution in [0.15, 0.2) is 42.5 Å². The van der Waals surface area contributed by atoms with Crippen molar-refractivity contribution in [2.24, 2.45) is 0 Å². The summed E-state index contributed by atoms with van der Waals surface area (Å²) in [5.41, 5.74) is 1.01. The fourth-order valence-corrected chi connectivity index (χ4v) is 1.66. The first-order valence-corrected chi connectivity index (χ1v) is 5.10. The molecule has 0 saturated heterocycles. The van der Waals surface area contributed by atoms with Crippen molar-refractivity contribution in [3.8, 4) is 12.3 Å². The van der Waals surface area contributed by atoms with Crippen LogP contribution in [0.2, 0.25) is 0 Å². The highest BCUT2D eigenvalue weighted by Crippen LogP contribution is 2.25. The standard InChI is InChI=1S/C15H14/c1-4-15(2,3)14-10-9-12-7-5-6-8-13(12)11-14/h1,5-11H,2-3H3. The second kappa shape index (κ2) is 3.44. The molecule has 0 heteroatoms. The van der Waals surface area contributed by atoms with Gasteiger partial charge in [-0.15, -0.1) is 6.42 Å². The van der Waals surface area contributed by atoms with Crippen molar-refractivity contribution in [1.29, 1.82) is 0 Å². The Morgan fingerprint density at radius 1 is 1.00 bits per heavy atom. The van der Waals surface area contributed by atoms with Crippen LogP contribution in [0.3, 0.4) is 0 Å². The van der Waals surface area contributed by atoms with Crippen LogP contribution < -0.4 is 0 Å². The first kappa shape index (κ1) is 9.80. The molecule has 0 radical (unpaired) electrons. The van der Waals surface area contributed by atoms with Gasteiger partial charge in [0.05, 0.1) is 5.41 Å². The molecule has 0 heterocycles. The van der Waals surface area contributed by atoms with Crippen LogP contribution in [0.5, 0.6) is 0 Å². The number of fused-ring (bicyclic) bond motifs is 1. The molecule has 0 aliphatic carbocycles. The van der Waals surface area contributed by atoms with Crippen molar-refractivity contribution in [3.63, 3.8) is 0 Å². The third kappa shape index (κ3) is 1.74. The number of terminal acetylenes is 1. The number of rotatable bonds is 1. The van der Waals surface area contributed by atoms with Gasteiger partial charge in [0.2, 0.25) is 0 Å². The van der Waals surface area contributed by atoms with E-state index in [0.717, 1.165) is 0 Å². The Morgan fingerprint density at radius 2 is 1.67 bits per heavy atom. The van der Waals surface area contributed by atoms with Gasteiger partial charge in [-0.1, -0.05) is 42.3 Å². The van der Waals surface area contributed by atoms with Gasteiger partial charge in [0, 0.05) is 0 Å². The predicted octanol–water partition coefficient (Wildman–Crippen LogP) is 3.75. The molecule has 0 saturated carbocycles. The lowest BCUT2D eigenvalue weighted by molar-refractivity contribution is 0.700. The minimum atomic E-state index is -0.190. The maximum absolute atomic E-state index is 5.53. The van der Waals surface area contributed by atoms with Crippen molar-refractivity contribution < 1.29 is 0 Å². The molecule has 0 unspecified atom stereocenters. The summed E-state index contributed by atoms with van der Waals surface area (Å²) in [4.78, 5) is 0. The summed E-state index contributed by atoms with van der Waals surface area (Å²) in [5.74, 6) is 2.82. The molecule has 2 aromatic carbocycles. The monoisotopic (exact) mass is 194 g/mol. The van der Waals surface area contributed by atoms with E-state index in [1.165, 1.54) is 16.3 Å². The molecule has 2 aromatic rings. The molecular formula is C15H14. The van der Waals surface area contributed by atoms with Crippen molar-refractivity contribution in [3.05, 3.63) is 48.0 Å². The van der Waals surface area contributed by atoms with Crippen LogP contribution >= 0.6 is 0 Å². The van der Waals surface area contributed by atoms with E-state index in [9.17, 15) is 0 Å². The molecule has 0 aliphatic heterocycles. The van der Waals surface area contributed by atoms with Gasteiger partial charge in [-0.05, 0) is 36.2 Å². The van der Waals surface area contributed by atoms with Crippen LogP contribution in [0, 0.1) is 12.3 Å². The lowest BCUT2D eigenvalue weighted by Gasteiger charge is -2.18. The largest absolute Gasteiger partial charge is 0.119 e. The van der Waals surface area contributed by atoms with E-state index >= 15 is 0 Å². The molecular weight excluding hydrogens is 180 g/mol. The van der Waals surface area contributed by atoms with Gasteiger partial charge in [-0.3, -0.25) is 0 Å². The van der Waals surface area contributed by atoms with Crippen LogP contribution in [-0.4, -0.2) is 0 Å². The summed E-state index contributed by atoms with van der Waals surface area (Å²) in [6, 6.07) is 14.7. The number of benzene rings is 2. The highest BCUT2D eigenvalue weighted by Gasteiger charge is 2.16. The summed E-state index contributed by atoms with van der Waals surface area (Å²) >= 11 is 0. The van der Waals surface area contributed by atoms with E-state index in [1.807, 2.05) is 6.07 Å². The molecule has 0 amide bonds. The Morgan fingerprint density at radius 3 is 2.33 bits per heavy atom. The Labute approximate surface area is 90.9 Å². The minimum absolute atomic E-state index is 0.190. The van der Waals surface area contributed by atoms with E-state index in [-0.39, 0.29) is 5.41 Å². The maximum Gasteiger partial charge on any atom is 0.0504 e. The zero-order valence-corrected chi connectivity index (χ0v) is 9.12. The van der Waals surface area contributed by atoms with Crippen molar-refractivity contribution in [1.82, 2.24) is 0 Å². The van der Waals surface area contributed by atoms with Crippen molar-refractivity contribution >= 4 is 10.8 Å². The number of hydrogen-bond donors (Lipinski definition) is 0. The SMILES string of the molecule is C#CC(C)(C)c1ccc2ccccc2c1. The molecule has 0 aliphatic rings. The van der Waals surface area contributed by atoms with Gasteiger partial charge >= 0.3 is 0 Å². The van der Waals surface area contributed by atoms with E-state index < -0.39 is 0 Å². The fourth-order valence-electron chi connectivity index (χ4n) is 1.66. The first-order chi connectivity index (χ1) is 7.13. The molecule has 0 atom stereocenters. The van der Waals surface area contributed by atoms with Gasteiger partial charge in [-0.25, -0.2) is 0 Å². The smallest absolute Gasteiger partial charge is 0.0504 e. The fraction of sp³-hybridized carbons (Fsp3) is 0.200. The molecule has 0 bridgehead atoms. The van der Waals surface area contributed by atoms with Gasteiger partial charge in [-0.2, -0.15) is 0 Å². The van der Waals surface area contributed by atoms with Crippen LogP contribution in [-0.2, 0) is 5.41 Å². The second-order valence-electron chi connectivity index (χ2n) is 4.33. The van der Waals surface area contributed by atoms with Gasteiger partial charge in [0.25, 0.3) is 0 Å². The Bertz CT molecular complexity index is 527. The molecule has 0 nitrogen and oxygen atoms in total. The molecule has 0 aromatic heterocycles. The summed E-state index contributed by atoms with van der Waals surface area (Å²) in [6.07, 6.45) is 5.53. The normalized spacial score (nSPS) is 11.3. The second-order valence-corrected chi connectivity index (χ2v) is 4.33. The van der Waals surface area contributed by atoms with Gasteiger partial charge < -0.3 is 0 Å². The third-order valence-electron chi connectivity index (χ3n) is 2.83. The van der Waals surface area contributed by atoms with Crippen LogP contribution in [0.1, 0.15) is 19.4 Å². The predicted molar refractivity (Wildman–Crippen MR) is 65.8 cm³/mol. The average molecular weight is 194 g/mol. The van der Waals surface area contributed by atoms with E-state index in [0.29, 0.717) is 0 Å². The molecule has 74 valence electrons. The molecule has 0 fully saturated rings. The number of hydrogen-bond acceptors (Lipinski definition) is 0. The third-order valence-corrected chi connectivity index (χ3v) is 2.83. The topological polar surface area (TPSA) is 0 Å². The molecule has 2 rings (SSSR count). The first-order valence-electron chi connectivity index (χ1n) is 5.10. The van der Waals surface area contributed by atoms with Gasteiger partial charge in [0.15, 0.2) is 0 Å². The van der Waals surface area contributed by atoms with E-state index in [1.54, 1.807) is 0 Å². The Balaban J connectivity index is 2.63. The lowest BCUT2D eigenvalue weighted by Crippen LogP contribution is -2.13. The zero-order valence-electron chi connectivity index (χ0n) is 9.12. The summed E-state index contributed by atoms with van der Waals surface area (Å²) in [6.45, 7) is 4.13. The van der Waals surface area contributed by atoms with E-state index in [4.69, 9.17) is 6.42 Å². The zero-order chi connectivity index (χ0) is 10.9. The average Bonchev–Trinajstić information content (AvgIpc) is 2.28. The quantitative estimate of drug-likeness (QED) is 0.606. The van der Waals surface area contributed by atoms with E-state index in [2.05, 4.69) is 56.2 Å². The van der Waals surface area contributed by atoms with Crippen LogP contribution in [0.25, 0.3) is 10.8 Å². The maximum atomic E-state index is 5.53. The minimum Gasteiger partial charge on any atom is -0.119 e. The summed E-state index contributed by atoms with van der Waals surface area (Å²) in [5, 5.41) is 2.51.